The second-order valence-electron chi connectivity index (χ2n) is 5.21. The van der Waals surface area contributed by atoms with Crippen LogP contribution in [-0.2, 0) is 10.0 Å². The summed E-state index contributed by atoms with van der Waals surface area (Å²) in [6.07, 6.45) is 1.37. The molecule has 0 spiro atoms. The predicted octanol–water partition coefficient (Wildman–Crippen LogP) is 1.12. The van der Waals surface area contributed by atoms with Crippen molar-refractivity contribution in [2.24, 2.45) is 5.73 Å². The number of nitrogens with two attached hydrogens (primary N) is 1. The van der Waals surface area contributed by atoms with Crippen molar-refractivity contribution >= 4 is 10.0 Å². The van der Waals surface area contributed by atoms with E-state index >= 15 is 0 Å². The van der Waals surface area contributed by atoms with Crippen molar-refractivity contribution in [1.29, 1.82) is 0 Å². The number of benzene rings is 1. The summed E-state index contributed by atoms with van der Waals surface area (Å²) < 4.78 is 37.4. The summed E-state index contributed by atoms with van der Waals surface area (Å²) in [7, 11) is -0.517. The maximum absolute atomic E-state index is 12.8. The zero-order valence-electron chi connectivity index (χ0n) is 12.6. The van der Waals surface area contributed by atoms with Crippen molar-refractivity contribution in [2.75, 3.05) is 27.3 Å². The van der Waals surface area contributed by atoms with Crippen LogP contribution >= 0.6 is 0 Å². The molecule has 0 saturated carbocycles. The molecule has 1 fully saturated rings. The molecule has 21 heavy (non-hydrogen) atoms. The fourth-order valence-corrected chi connectivity index (χ4v) is 4.19. The highest BCUT2D eigenvalue weighted by atomic mass is 32.2. The Balaban J connectivity index is 2.40. The Kier molecular flexibility index (Phi) is 4.75. The second-order valence-corrected chi connectivity index (χ2v) is 7.12. The molecular formula is C14H22N2O4S. The van der Waals surface area contributed by atoms with E-state index in [1.165, 1.54) is 24.6 Å². The van der Waals surface area contributed by atoms with Gasteiger partial charge in [0.1, 0.15) is 0 Å². The maximum atomic E-state index is 12.8. The zero-order chi connectivity index (χ0) is 15.6. The van der Waals surface area contributed by atoms with Crippen LogP contribution in [0.25, 0.3) is 0 Å². The third-order valence-corrected chi connectivity index (χ3v) is 5.84. The van der Waals surface area contributed by atoms with Crippen molar-refractivity contribution in [3.63, 3.8) is 0 Å². The lowest BCUT2D eigenvalue weighted by molar-refractivity contribution is 0.319. The average molecular weight is 314 g/mol. The molecule has 1 aromatic carbocycles. The summed E-state index contributed by atoms with van der Waals surface area (Å²) in [5.41, 5.74) is 6.48. The monoisotopic (exact) mass is 314 g/mol. The Morgan fingerprint density at radius 1 is 1.14 bits per heavy atom. The van der Waals surface area contributed by atoms with E-state index in [0.717, 1.165) is 0 Å². The fourth-order valence-electron chi connectivity index (χ4n) is 2.50. The molecular weight excluding hydrogens is 292 g/mol. The standard InChI is InChI=1S/C14H22N2O4S/c1-10-8-12(19-2)13(20-3)9-14(10)21(17,18)16-6-4-11(15)5-7-16/h8-9,11H,4-7,15H2,1-3H3. The number of nitrogens with zero attached hydrogens (tertiary/aromatic N) is 1. The van der Waals surface area contributed by atoms with E-state index in [9.17, 15) is 8.42 Å². The molecule has 0 atom stereocenters. The van der Waals surface area contributed by atoms with Gasteiger partial charge in [-0.1, -0.05) is 0 Å². The minimum absolute atomic E-state index is 0.0861. The molecule has 1 aliphatic rings. The molecule has 2 rings (SSSR count). The van der Waals surface area contributed by atoms with Crippen LogP contribution in [0.5, 0.6) is 11.5 Å². The van der Waals surface area contributed by atoms with E-state index in [1.54, 1.807) is 13.0 Å². The summed E-state index contributed by atoms with van der Waals surface area (Å²) in [6, 6.07) is 3.29. The first-order valence-corrected chi connectivity index (χ1v) is 8.32. The molecule has 0 amide bonds. The number of methoxy groups -OCH3 is 2. The molecule has 7 heteroatoms. The van der Waals surface area contributed by atoms with Crippen LogP contribution in [0.1, 0.15) is 18.4 Å². The number of hydrogen-bond acceptors (Lipinski definition) is 5. The van der Waals surface area contributed by atoms with Gasteiger partial charge in [0.05, 0.1) is 19.1 Å². The van der Waals surface area contributed by atoms with Crippen molar-refractivity contribution in [3.05, 3.63) is 17.7 Å². The smallest absolute Gasteiger partial charge is 0.243 e. The molecule has 0 aliphatic carbocycles. The van der Waals surface area contributed by atoms with Gasteiger partial charge in [-0.05, 0) is 31.4 Å². The number of piperidine rings is 1. The Bertz CT molecular complexity index is 608. The topological polar surface area (TPSA) is 81.9 Å². The number of ether oxygens (including phenoxy) is 2. The number of sulfonamides is 1. The van der Waals surface area contributed by atoms with Gasteiger partial charge in [-0.3, -0.25) is 0 Å². The summed E-state index contributed by atoms with van der Waals surface area (Å²) in [5.74, 6) is 0.935. The molecule has 1 aromatic rings. The van der Waals surface area contributed by atoms with Gasteiger partial charge in [0, 0.05) is 25.2 Å². The average Bonchev–Trinajstić information content (AvgIpc) is 2.47. The highest BCUT2D eigenvalue weighted by Gasteiger charge is 2.30. The third kappa shape index (κ3) is 3.14. The Morgan fingerprint density at radius 3 is 2.19 bits per heavy atom. The minimum atomic E-state index is -3.53. The van der Waals surface area contributed by atoms with E-state index in [-0.39, 0.29) is 10.9 Å². The second kappa shape index (κ2) is 6.21. The van der Waals surface area contributed by atoms with E-state index in [0.29, 0.717) is 43.0 Å². The van der Waals surface area contributed by atoms with Crippen molar-refractivity contribution in [1.82, 2.24) is 4.31 Å². The SMILES string of the molecule is COc1cc(C)c(S(=O)(=O)N2CCC(N)CC2)cc1OC. The maximum Gasteiger partial charge on any atom is 0.243 e. The molecule has 1 saturated heterocycles. The van der Waals surface area contributed by atoms with Crippen LogP contribution in [0.15, 0.2) is 17.0 Å². The molecule has 2 N–H and O–H groups in total. The molecule has 6 nitrogen and oxygen atoms in total. The normalized spacial score (nSPS) is 17.7. The van der Waals surface area contributed by atoms with Crippen LogP contribution < -0.4 is 15.2 Å². The van der Waals surface area contributed by atoms with Gasteiger partial charge in [0.25, 0.3) is 0 Å². The van der Waals surface area contributed by atoms with Crippen molar-refractivity contribution in [3.8, 4) is 11.5 Å². The lowest BCUT2D eigenvalue weighted by Gasteiger charge is -2.30. The number of hydrogen-bond donors (Lipinski definition) is 1. The van der Waals surface area contributed by atoms with E-state index < -0.39 is 10.0 Å². The van der Waals surface area contributed by atoms with E-state index in [4.69, 9.17) is 15.2 Å². The molecule has 0 unspecified atom stereocenters. The van der Waals surface area contributed by atoms with Crippen molar-refractivity contribution < 1.29 is 17.9 Å². The lowest BCUT2D eigenvalue weighted by atomic mass is 10.1. The zero-order valence-corrected chi connectivity index (χ0v) is 13.4. The van der Waals surface area contributed by atoms with Gasteiger partial charge in [0.2, 0.25) is 10.0 Å². The Hall–Kier alpha value is -1.31. The van der Waals surface area contributed by atoms with Crippen LogP contribution in [0, 0.1) is 6.92 Å². The van der Waals surface area contributed by atoms with Crippen LogP contribution in [-0.4, -0.2) is 46.1 Å². The molecule has 0 aromatic heterocycles. The van der Waals surface area contributed by atoms with Gasteiger partial charge in [0.15, 0.2) is 11.5 Å². The summed E-state index contributed by atoms with van der Waals surface area (Å²) in [4.78, 5) is 0.260. The summed E-state index contributed by atoms with van der Waals surface area (Å²) >= 11 is 0. The first-order valence-electron chi connectivity index (χ1n) is 6.88. The first kappa shape index (κ1) is 16.1. The molecule has 0 bridgehead atoms. The highest BCUT2D eigenvalue weighted by molar-refractivity contribution is 7.89. The summed E-state index contributed by atoms with van der Waals surface area (Å²) in [5, 5.41) is 0. The Morgan fingerprint density at radius 2 is 1.67 bits per heavy atom. The molecule has 0 radical (unpaired) electrons. The Labute approximate surface area is 125 Å². The van der Waals surface area contributed by atoms with Crippen LogP contribution in [0.2, 0.25) is 0 Å². The minimum Gasteiger partial charge on any atom is -0.493 e. The largest absolute Gasteiger partial charge is 0.493 e. The van der Waals surface area contributed by atoms with Crippen LogP contribution in [0.4, 0.5) is 0 Å². The van der Waals surface area contributed by atoms with Gasteiger partial charge < -0.3 is 15.2 Å². The third-order valence-electron chi connectivity index (χ3n) is 3.80. The van der Waals surface area contributed by atoms with E-state index in [1.807, 2.05) is 0 Å². The van der Waals surface area contributed by atoms with E-state index in [2.05, 4.69) is 0 Å². The predicted molar refractivity (Wildman–Crippen MR) is 80.3 cm³/mol. The molecule has 118 valence electrons. The lowest BCUT2D eigenvalue weighted by Crippen LogP contribution is -2.42. The quantitative estimate of drug-likeness (QED) is 0.901. The van der Waals surface area contributed by atoms with Gasteiger partial charge >= 0.3 is 0 Å². The highest BCUT2D eigenvalue weighted by Crippen LogP contribution is 2.34. The van der Waals surface area contributed by atoms with Gasteiger partial charge in [-0.2, -0.15) is 4.31 Å². The fraction of sp³-hybridized carbons (Fsp3) is 0.571. The molecule has 1 aliphatic heterocycles. The van der Waals surface area contributed by atoms with Gasteiger partial charge in [-0.25, -0.2) is 8.42 Å². The molecule has 1 heterocycles. The van der Waals surface area contributed by atoms with Crippen LogP contribution in [0.3, 0.4) is 0 Å². The summed E-state index contributed by atoms with van der Waals surface area (Å²) in [6.45, 7) is 2.67. The van der Waals surface area contributed by atoms with Gasteiger partial charge in [-0.15, -0.1) is 0 Å². The number of rotatable bonds is 4. The number of aryl methyl sites for hydroxylation is 1. The van der Waals surface area contributed by atoms with Crippen molar-refractivity contribution in [2.45, 2.75) is 30.7 Å². The first-order chi connectivity index (χ1) is 9.90.